The van der Waals surface area contributed by atoms with Crippen LogP contribution in [-0.4, -0.2) is 53.9 Å². The topological polar surface area (TPSA) is 99.1 Å². The van der Waals surface area contributed by atoms with Crippen LogP contribution < -0.4 is 0 Å². The van der Waals surface area contributed by atoms with E-state index in [4.69, 9.17) is 14.2 Å². The Balaban J connectivity index is 1.61. The number of methoxy groups -OCH3 is 1. The van der Waals surface area contributed by atoms with Gasteiger partial charge in [-0.05, 0) is 69.1 Å². The van der Waals surface area contributed by atoms with E-state index in [-0.39, 0.29) is 41.9 Å². The third-order valence-electron chi connectivity index (χ3n) is 9.57. The smallest absolute Gasteiger partial charge is 0.312 e. The molecule has 3 saturated carbocycles. The Kier molecular flexibility index (Phi) is 4.93. The number of rotatable bonds is 1. The minimum atomic E-state index is -1.01. The van der Waals surface area contributed by atoms with E-state index in [9.17, 15) is 19.5 Å². The first kappa shape index (κ1) is 22.9. The Morgan fingerprint density at radius 3 is 2.64 bits per heavy atom. The van der Waals surface area contributed by atoms with Crippen LogP contribution in [0.5, 0.6) is 0 Å². The third-order valence-corrected chi connectivity index (χ3v) is 9.57. The second-order valence-corrected chi connectivity index (χ2v) is 11.5. The predicted octanol–water partition coefficient (Wildman–Crippen LogP) is 2.76. The number of hydrogen-bond acceptors (Lipinski definition) is 7. The number of fused-ring (bicyclic) bond motifs is 6. The molecule has 7 nitrogen and oxygen atoms in total. The molecule has 4 aliphatic carbocycles. The standard InChI is InChI=1S/C26H34O7/c1-23(2)32-13-20(29)26(33-23)9-7-17-15-11-16(22(30)31-5)18-10-14(27)6-8-24(18,3)21(15)19(28)12-25(17,26)4/h6,8,10,15-17,19,21,28H,7,9,11-13H2,1-5H3/t15-,16+,17-,19-,21+,24-,25-,26-/m0/s1. The molecule has 1 aliphatic heterocycles. The zero-order valence-corrected chi connectivity index (χ0v) is 20.1. The lowest BCUT2D eigenvalue weighted by Crippen LogP contribution is -2.66. The summed E-state index contributed by atoms with van der Waals surface area (Å²) in [5.41, 5.74) is -1.50. The van der Waals surface area contributed by atoms with Crippen molar-refractivity contribution in [2.45, 2.75) is 70.9 Å². The Morgan fingerprint density at radius 2 is 1.94 bits per heavy atom. The average molecular weight is 459 g/mol. The maximum absolute atomic E-state index is 13.3. The molecule has 4 fully saturated rings. The van der Waals surface area contributed by atoms with Crippen molar-refractivity contribution in [3.63, 3.8) is 0 Å². The quantitative estimate of drug-likeness (QED) is 0.603. The molecule has 0 aromatic heterocycles. The van der Waals surface area contributed by atoms with Crippen molar-refractivity contribution < 1.29 is 33.7 Å². The molecule has 180 valence electrons. The summed E-state index contributed by atoms with van der Waals surface area (Å²) in [4.78, 5) is 38.4. The van der Waals surface area contributed by atoms with E-state index in [0.29, 0.717) is 19.3 Å². The molecule has 0 amide bonds. The zero-order chi connectivity index (χ0) is 24.0. The number of ether oxygens (including phenoxy) is 3. The van der Waals surface area contributed by atoms with Crippen LogP contribution >= 0.6 is 0 Å². The molecule has 0 unspecified atom stereocenters. The number of hydrogen-bond donors (Lipinski definition) is 1. The lowest BCUT2D eigenvalue weighted by Gasteiger charge is -2.62. The number of esters is 1. The molecular formula is C26H34O7. The Morgan fingerprint density at radius 1 is 1.21 bits per heavy atom. The van der Waals surface area contributed by atoms with Crippen LogP contribution in [0, 0.1) is 34.5 Å². The predicted molar refractivity (Wildman–Crippen MR) is 118 cm³/mol. The fourth-order valence-electron chi connectivity index (χ4n) is 8.26. The van der Waals surface area contributed by atoms with Gasteiger partial charge in [0.2, 0.25) is 0 Å². The van der Waals surface area contributed by atoms with Gasteiger partial charge in [0.05, 0.1) is 19.1 Å². The summed E-state index contributed by atoms with van der Waals surface area (Å²) in [6.07, 6.45) is 6.53. The summed E-state index contributed by atoms with van der Waals surface area (Å²) in [6, 6.07) is 0. The lowest BCUT2D eigenvalue weighted by molar-refractivity contribution is -0.316. The third kappa shape index (κ3) is 2.94. The highest BCUT2D eigenvalue weighted by Crippen LogP contribution is 2.69. The van der Waals surface area contributed by atoms with Gasteiger partial charge in [0.1, 0.15) is 12.2 Å². The number of carbonyl (C=O) groups is 3. The van der Waals surface area contributed by atoms with Crippen molar-refractivity contribution in [3.05, 3.63) is 23.8 Å². The summed E-state index contributed by atoms with van der Waals surface area (Å²) in [6.45, 7) is 7.75. The van der Waals surface area contributed by atoms with Gasteiger partial charge < -0.3 is 19.3 Å². The van der Waals surface area contributed by atoms with Crippen molar-refractivity contribution in [1.29, 1.82) is 0 Å². The Bertz CT molecular complexity index is 979. The van der Waals surface area contributed by atoms with E-state index in [1.54, 1.807) is 12.2 Å². The van der Waals surface area contributed by atoms with Crippen LogP contribution in [0.1, 0.15) is 53.4 Å². The van der Waals surface area contributed by atoms with Crippen LogP contribution in [-0.2, 0) is 28.6 Å². The second-order valence-electron chi connectivity index (χ2n) is 11.5. The molecular weight excluding hydrogens is 424 g/mol. The molecule has 8 atom stereocenters. The van der Waals surface area contributed by atoms with Crippen LogP contribution in [0.4, 0.5) is 0 Å². The van der Waals surface area contributed by atoms with Crippen molar-refractivity contribution >= 4 is 17.5 Å². The molecule has 1 spiro atoms. The highest BCUT2D eigenvalue weighted by molar-refractivity contribution is 6.02. The number of carbonyl (C=O) groups excluding carboxylic acids is 3. The van der Waals surface area contributed by atoms with Crippen LogP contribution in [0.15, 0.2) is 23.8 Å². The molecule has 0 radical (unpaired) electrons. The van der Waals surface area contributed by atoms with Gasteiger partial charge in [-0.1, -0.05) is 19.9 Å². The molecule has 0 aromatic carbocycles. The maximum atomic E-state index is 13.3. The number of allylic oxidation sites excluding steroid dienone is 3. The van der Waals surface area contributed by atoms with E-state index in [1.807, 2.05) is 26.8 Å². The molecule has 1 saturated heterocycles. The molecule has 1 heterocycles. The highest BCUT2D eigenvalue weighted by Gasteiger charge is 2.71. The minimum Gasteiger partial charge on any atom is -0.469 e. The van der Waals surface area contributed by atoms with Crippen molar-refractivity contribution in [2.75, 3.05) is 13.7 Å². The molecule has 7 heteroatoms. The van der Waals surface area contributed by atoms with Gasteiger partial charge in [0.15, 0.2) is 17.4 Å². The fourth-order valence-corrected chi connectivity index (χ4v) is 8.26. The van der Waals surface area contributed by atoms with E-state index in [0.717, 1.165) is 12.0 Å². The molecule has 0 bridgehead atoms. The maximum Gasteiger partial charge on any atom is 0.312 e. The van der Waals surface area contributed by atoms with Gasteiger partial charge in [-0.3, -0.25) is 14.4 Å². The molecule has 33 heavy (non-hydrogen) atoms. The summed E-state index contributed by atoms with van der Waals surface area (Å²) in [5, 5.41) is 11.6. The van der Waals surface area contributed by atoms with Crippen molar-refractivity contribution in [3.8, 4) is 0 Å². The summed E-state index contributed by atoms with van der Waals surface area (Å²) in [5.74, 6) is -2.11. The molecule has 0 aromatic rings. The highest BCUT2D eigenvalue weighted by atomic mass is 16.7. The van der Waals surface area contributed by atoms with Gasteiger partial charge >= 0.3 is 5.97 Å². The minimum absolute atomic E-state index is 0.000261. The van der Waals surface area contributed by atoms with E-state index in [2.05, 4.69) is 6.92 Å². The van der Waals surface area contributed by atoms with Gasteiger partial charge in [-0.15, -0.1) is 0 Å². The molecule has 5 rings (SSSR count). The first-order valence-electron chi connectivity index (χ1n) is 12.0. The summed E-state index contributed by atoms with van der Waals surface area (Å²) < 4.78 is 17.2. The summed E-state index contributed by atoms with van der Waals surface area (Å²) >= 11 is 0. The number of aliphatic hydroxyl groups excluding tert-OH is 1. The Labute approximate surface area is 194 Å². The number of aliphatic hydroxyl groups is 1. The van der Waals surface area contributed by atoms with Crippen molar-refractivity contribution in [2.24, 2.45) is 34.5 Å². The fraction of sp³-hybridized carbons (Fsp3) is 0.731. The first-order chi connectivity index (χ1) is 15.4. The van der Waals surface area contributed by atoms with Gasteiger partial charge in [0, 0.05) is 16.7 Å². The normalized spacial score (nSPS) is 48.1. The SMILES string of the molecule is COC(=O)[C@@H]1C[C@@H]2[C@H]([C@@H](O)C[C@@]3(C)[C@H]2CC[C@@]32OC(C)(C)OCC2=O)[C@@]2(C)C=CC(=O)C=C12. The summed E-state index contributed by atoms with van der Waals surface area (Å²) in [7, 11) is 1.37. The van der Waals surface area contributed by atoms with E-state index in [1.165, 1.54) is 7.11 Å². The zero-order valence-electron chi connectivity index (χ0n) is 20.1. The van der Waals surface area contributed by atoms with Gasteiger partial charge in [-0.25, -0.2) is 0 Å². The van der Waals surface area contributed by atoms with Crippen LogP contribution in [0.25, 0.3) is 0 Å². The van der Waals surface area contributed by atoms with Crippen LogP contribution in [0.2, 0.25) is 0 Å². The van der Waals surface area contributed by atoms with E-state index < -0.39 is 34.2 Å². The van der Waals surface area contributed by atoms with Gasteiger partial charge in [-0.2, -0.15) is 0 Å². The largest absolute Gasteiger partial charge is 0.469 e. The van der Waals surface area contributed by atoms with Crippen molar-refractivity contribution in [1.82, 2.24) is 0 Å². The first-order valence-corrected chi connectivity index (χ1v) is 12.0. The monoisotopic (exact) mass is 458 g/mol. The van der Waals surface area contributed by atoms with Crippen LogP contribution in [0.3, 0.4) is 0 Å². The Hall–Kier alpha value is -1.83. The molecule has 5 aliphatic rings. The lowest BCUT2D eigenvalue weighted by atomic mass is 9.44. The molecule has 1 N–H and O–H groups in total. The number of ketones is 2. The van der Waals surface area contributed by atoms with Gasteiger partial charge in [0.25, 0.3) is 0 Å². The van der Waals surface area contributed by atoms with E-state index >= 15 is 0 Å². The number of Topliss-reactive ketones (excluding diaryl/α,β-unsaturated/α-hetero) is 1. The average Bonchev–Trinajstić information content (AvgIpc) is 3.02. The second kappa shape index (κ2) is 7.09.